The first kappa shape index (κ1) is 12.6. The number of furan rings is 1. The molecule has 0 fully saturated rings. The molecule has 4 aromatic rings. The lowest BCUT2D eigenvalue weighted by Gasteiger charge is -2.07. The summed E-state index contributed by atoms with van der Waals surface area (Å²) in [6, 6.07) is 11.6. The lowest BCUT2D eigenvalue weighted by molar-refractivity contribution is 0.414. The third kappa shape index (κ3) is 2.03. The van der Waals surface area contributed by atoms with Crippen molar-refractivity contribution in [3.8, 4) is 28.3 Å². The van der Waals surface area contributed by atoms with E-state index in [1.54, 1.807) is 19.6 Å². The lowest BCUT2D eigenvalue weighted by Crippen LogP contribution is -1.88. The minimum Gasteiger partial charge on any atom is -0.496 e. The van der Waals surface area contributed by atoms with Crippen molar-refractivity contribution in [1.82, 2.24) is 14.4 Å². The van der Waals surface area contributed by atoms with E-state index in [1.807, 2.05) is 53.2 Å². The first-order valence-corrected chi connectivity index (χ1v) is 6.87. The summed E-state index contributed by atoms with van der Waals surface area (Å²) in [5.41, 5.74) is 2.74. The van der Waals surface area contributed by atoms with Gasteiger partial charge in [0.25, 0.3) is 0 Å². The first-order chi connectivity index (χ1) is 10.8. The van der Waals surface area contributed by atoms with Gasteiger partial charge in [-0.2, -0.15) is 0 Å². The first-order valence-electron chi connectivity index (χ1n) is 6.87. The number of fused-ring (bicyclic) bond motifs is 1. The van der Waals surface area contributed by atoms with E-state index < -0.39 is 0 Å². The summed E-state index contributed by atoms with van der Waals surface area (Å²) in [6.45, 7) is 0. The Balaban J connectivity index is 1.87. The van der Waals surface area contributed by atoms with E-state index in [0.717, 1.165) is 28.3 Å². The van der Waals surface area contributed by atoms with E-state index in [0.29, 0.717) is 5.78 Å². The van der Waals surface area contributed by atoms with Gasteiger partial charge in [0.05, 0.1) is 24.6 Å². The number of aromatic nitrogens is 3. The standard InChI is InChI=1S/C17H13N3O2/c1-21-15-6-5-12(10-13(15)16-4-2-9-22-16)14-11-20-8-3-7-18-17(20)19-14/h2-11H,1H3. The van der Waals surface area contributed by atoms with Gasteiger partial charge in [0.1, 0.15) is 11.5 Å². The summed E-state index contributed by atoms with van der Waals surface area (Å²) in [7, 11) is 1.65. The van der Waals surface area contributed by atoms with Crippen molar-refractivity contribution < 1.29 is 9.15 Å². The topological polar surface area (TPSA) is 52.6 Å². The van der Waals surface area contributed by atoms with Crippen molar-refractivity contribution in [1.29, 1.82) is 0 Å². The van der Waals surface area contributed by atoms with Gasteiger partial charge >= 0.3 is 0 Å². The Kier molecular flexibility index (Phi) is 2.89. The zero-order chi connectivity index (χ0) is 14.9. The fourth-order valence-electron chi connectivity index (χ4n) is 2.46. The van der Waals surface area contributed by atoms with E-state index in [2.05, 4.69) is 9.97 Å². The zero-order valence-electron chi connectivity index (χ0n) is 11.9. The number of methoxy groups -OCH3 is 1. The summed E-state index contributed by atoms with van der Waals surface area (Å²) >= 11 is 0. The maximum Gasteiger partial charge on any atom is 0.234 e. The fourth-order valence-corrected chi connectivity index (χ4v) is 2.46. The third-order valence-corrected chi connectivity index (χ3v) is 3.52. The second-order valence-corrected chi connectivity index (χ2v) is 4.85. The normalized spacial score (nSPS) is 11.0. The van der Waals surface area contributed by atoms with Crippen molar-refractivity contribution in [2.24, 2.45) is 0 Å². The molecule has 0 aliphatic heterocycles. The van der Waals surface area contributed by atoms with Crippen LogP contribution in [0.2, 0.25) is 0 Å². The van der Waals surface area contributed by atoms with Crippen LogP contribution < -0.4 is 4.74 Å². The molecule has 5 heteroatoms. The summed E-state index contributed by atoms with van der Waals surface area (Å²) in [4.78, 5) is 8.78. The van der Waals surface area contributed by atoms with Gasteiger partial charge in [-0.25, -0.2) is 9.97 Å². The Morgan fingerprint density at radius 3 is 2.91 bits per heavy atom. The number of nitrogens with zero attached hydrogens (tertiary/aromatic N) is 3. The van der Waals surface area contributed by atoms with Crippen molar-refractivity contribution in [2.75, 3.05) is 7.11 Å². The van der Waals surface area contributed by atoms with E-state index in [9.17, 15) is 0 Å². The average molecular weight is 291 g/mol. The highest BCUT2D eigenvalue weighted by Crippen LogP contribution is 2.34. The van der Waals surface area contributed by atoms with Crippen LogP contribution >= 0.6 is 0 Å². The van der Waals surface area contributed by atoms with Crippen LogP contribution in [0.1, 0.15) is 0 Å². The highest BCUT2D eigenvalue weighted by molar-refractivity contribution is 5.74. The van der Waals surface area contributed by atoms with Gasteiger partial charge in [0, 0.05) is 24.2 Å². The highest BCUT2D eigenvalue weighted by Gasteiger charge is 2.12. The van der Waals surface area contributed by atoms with E-state index in [4.69, 9.17) is 9.15 Å². The van der Waals surface area contributed by atoms with E-state index >= 15 is 0 Å². The number of ether oxygens (including phenoxy) is 1. The molecule has 1 aromatic carbocycles. The highest BCUT2D eigenvalue weighted by atomic mass is 16.5. The molecule has 0 bridgehead atoms. The monoisotopic (exact) mass is 291 g/mol. The van der Waals surface area contributed by atoms with Crippen LogP contribution in [0.5, 0.6) is 5.75 Å². The predicted octanol–water partition coefficient (Wildman–Crippen LogP) is 3.66. The third-order valence-electron chi connectivity index (χ3n) is 3.52. The Morgan fingerprint density at radius 2 is 2.14 bits per heavy atom. The molecule has 0 amide bonds. The molecule has 108 valence electrons. The lowest BCUT2D eigenvalue weighted by atomic mass is 10.1. The summed E-state index contributed by atoms with van der Waals surface area (Å²) < 4.78 is 12.8. The van der Waals surface area contributed by atoms with Gasteiger partial charge in [-0.15, -0.1) is 0 Å². The second kappa shape index (κ2) is 5.04. The summed E-state index contributed by atoms with van der Waals surface area (Å²) in [6.07, 6.45) is 7.26. The smallest absolute Gasteiger partial charge is 0.234 e. The minimum atomic E-state index is 0.674. The molecule has 0 radical (unpaired) electrons. The number of benzene rings is 1. The van der Waals surface area contributed by atoms with Crippen LogP contribution in [0.3, 0.4) is 0 Å². The minimum absolute atomic E-state index is 0.674. The van der Waals surface area contributed by atoms with Gasteiger partial charge in [-0.1, -0.05) is 0 Å². The molecule has 0 saturated carbocycles. The Hall–Kier alpha value is -3.08. The van der Waals surface area contributed by atoms with Gasteiger partial charge < -0.3 is 9.15 Å². The van der Waals surface area contributed by atoms with Crippen LogP contribution in [-0.2, 0) is 0 Å². The molecular formula is C17H13N3O2. The van der Waals surface area contributed by atoms with Gasteiger partial charge in [0.15, 0.2) is 0 Å². The molecule has 0 atom stereocenters. The predicted molar refractivity (Wildman–Crippen MR) is 82.7 cm³/mol. The Bertz CT molecular complexity index is 893. The molecule has 0 spiro atoms. The maximum atomic E-state index is 5.49. The molecule has 0 aliphatic rings. The zero-order valence-corrected chi connectivity index (χ0v) is 11.9. The molecule has 0 aliphatic carbocycles. The molecule has 0 unspecified atom stereocenters. The Morgan fingerprint density at radius 1 is 1.18 bits per heavy atom. The quantitative estimate of drug-likeness (QED) is 0.578. The molecular weight excluding hydrogens is 278 g/mol. The SMILES string of the molecule is COc1ccc(-c2cn3cccnc3n2)cc1-c1ccco1. The molecule has 5 nitrogen and oxygen atoms in total. The van der Waals surface area contributed by atoms with Crippen LogP contribution in [-0.4, -0.2) is 21.5 Å². The molecule has 3 heterocycles. The number of imidazole rings is 1. The van der Waals surface area contributed by atoms with Gasteiger partial charge in [0.2, 0.25) is 5.78 Å². The average Bonchev–Trinajstić information content (AvgIpc) is 3.23. The van der Waals surface area contributed by atoms with Crippen molar-refractivity contribution >= 4 is 5.78 Å². The van der Waals surface area contributed by atoms with Crippen LogP contribution in [0, 0.1) is 0 Å². The fraction of sp³-hybridized carbons (Fsp3) is 0.0588. The van der Waals surface area contributed by atoms with Crippen molar-refractivity contribution in [2.45, 2.75) is 0 Å². The van der Waals surface area contributed by atoms with Crippen LogP contribution in [0.25, 0.3) is 28.4 Å². The van der Waals surface area contributed by atoms with Gasteiger partial charge in [-0.3, -0.25) is 4.40 Å². The number of hydrogen-bond acceptors (Lipinski definition) is 4. The van der Waals surface area contributed by atoms with Crippen molar-refractivity contribution in [3.63, 3.8) is 0 Å². The largest absolute Gasteiger partial charge is 0.496 e. The van der Waals surface area contributed by atoms with Crippen molar-refractivity contribution in [3.05, 3.63) is 61.3 Å². The number of hydrogen-bond donors (Lipinski definition) is 0. The van der Waals surface area contributed by atoms with E-state index in [-0.39, 0.29) is 0 Å². The molecule has 3 aromatic heterocycles. The van der Waals surface area contributed by atoms with E-state index in [1.165, 1.54) is 0 Å². The van der Waals surface area contributed by atoms with Crippen LogP contribution in [0.4, 0.5) is 0 Å². The molecule has 0 N–H and O–H groups in total. The number of rotatable bonds is 3. The summed E-state index contributed by atoms with van der Waals surface area (Å²) in [5.74, 6) is 2.20. The maximum absolute atomic E-state index is 5.49. The molecule has 4 rings (SSSR count). The second-order valence-electron chi connectivity index (χ2n) is 4.85. The van der Waals surface area contributed by atoms with Gasteiger partial charge in [-0.05, 0) is 36.4 Å². The Labute approximate surface area is 126 Å². The summed E-state index contributed by atoms with van der Waals surface area (Å²) in [5, 5.41) is 0. The molecule has 22 heavy (non-hydrogen) atoms. The molecule has 0 saturated heterocycles. The van der Waals surface area contributed by atoms with Crippen LogP contribution in [0.15, 0.2) is 65.7 Å².